The summed E-state index contributed by atoms with van der Waals surface area (Å²) in [6.07, 6.45) is 2.75. The van der Waals surface area contributed by atoms with Gasteiger partial charge in [-0.25, -0.2) is 4.79 Å². The molecule has 5 aromatic rings. The smallest absolute Gasteiger partial charge is 0.410 e. The quantitative estimate of drug-likeness (QED) is 0.119. The average Bonchev–Trinajstić information content (AvgIpc) is 3.57. The van der Waals surface area contributed by atoms with Crippen molar-refractivity contribution in [2.45, 2.75) is 79.2 Å². The van der Waals surface area contributed by atoms with Gasteiger partial charge < -0.3 is 23.6 Å². The van der Waals surface area contributed by atoms with Crippen molar-refractivity contribution < 1.29 is 28.3 Å². The van der Waals surface area contributed by atoms with Gasteiger partial charge in [-0.05, 0) is 68.0 Å². The van der Waals surface area contributed by atoms with E-state index in [4.69, 9.17) is 23.7 Å². The highest BCUT2D eigenvalue weighted by molar-refractivity contribution is 5.93. The summed E-state index contributed by atoms with van der Waals surface area (Å²) >= 11 is 0. The Morgan fingerprint density at radius 3 is 2.21 bits per heavy atom. The lowest BCUT2D eigenvalue weighted by Gasteiger charge is -2.31. The fourth-order valence-electron chi connectivity index (χ4n) is 6.16. The monoisotopic (exact) mass is 702 g/mol. The van der Waals surface area contributed by atoms with Gasteiger partial charge in [0.15, 0.2) is 11.6 Å². The molecule has 10 nitrogen and oxygen atoms in total. The second-order valence-corrected chi connectivity index (χ2v) is 14.2. The van der Waals surface area contributed by atoms with E-state index in [-0.39, 0.29) is 12.0 Å². The van der Waals surface area contributed by atoms with E-state index in [0.29, 0.717) is 79.0 Å². The molecule has 0 aliphatic carbocycles. The molecule has 1 aliphatic rings. The summed E-state index contributed by atoms with van der Waals surface area (Å²) in [6.45, 7) is 13.6. The summed E-state index contributed by atoms with van der Waals surface area (Å²) in [5, 5.41) is 4.46. The maximum Gasteiger partial charge on any atom is 0.410 e. The van der Waals surface area contributed by atoms with Crippen molar-refractivity contribution in [3.63, 3.8) is 0 Å². The fourth-order valence-corrected chi connectivity index (χ4v) is 6.16. The predicted octanol–water partition coefficient (Wildman–Crippen LogP) is 8.96. The number of amides is 2. The van der Waals surface area contributed by atoms with Crippen molar-refractivity contribution in [1.82, 2.24) is 15.0 Å². The largest absolute Gasteiger partial charge is 0.488 e. The van der Waals surface area contributed by atoms with E-state index in [0.717, 1.165) is 34.4 Å². The number of carbonyl (C=O) groups excluding carboxylic acids is 2. The van der Waals surface area contributed by atoms with Gasteiger partial charge in [0.05, 0.1) is 17.7 Å². The van der Waals surface area contributed by atoms with Crippen molar-refractivity contribution >= 4 is 18.3 Å². The maximum absolute atomic E-state index is 13.0. The minimum atomic E-state index is -0.612. The van der Waals surface area contributed by atoms with Crippen LogP contribution in [0.5, 0.6) is 11.5 Å². The number of carbonyl (C=O) groups is 2. The molecule has 0 unspecified atom stereocenters. The Morgan fingerprint density at radius 1 is 0.962 bits per heavy atom. The van der Waals surface area contributed by atoms with Gasteiger partial charge in [-0.2, -0.15) is 0 Å². The van der Waals surface area contributed by atoms with Crippen LogP contribution in [0.1, 0.15) is 75.4 Å². The molecule has 0 N–H and O–H groups in total. The van der Waals surface area contributed by atoms with E-state index < -0.39 is 5.60 Å². The molecule has 3 aromatic carbocycles. The summed E-state index contributed by atoms with van der Waals surface area (Å²) in [7, 11) is 0. The summed E-state index contributed by atoms with van der Waals surface area (Å²) in [4.78, 5) is 33.4. The first-order valence-corrected chi connectivity index (χ1v) is 17.7. The molecule has 10 heteroatoms. The third-order valence-electron chi connectivity index (χ3n) is 8.85. The summed E-state index contributed by atoms with van der Waals surface area (Å²) < 4.78 is 24.9. The van der Waals surface area contributed by atoms with Crippen LogP contribution in [0.15, 0.2) is 89.6 Å². The Labute approximate surface area is 305 Å². The van der Waals surface area contributed by atoms with E-state index in [1.54, 1.807) is 11.1 Å². The van der Waals surface area contributed by atoms with Crippen molar-refractivity contribution in [3.05, 3.63) is 113 Å². The van der Waals surface area contributed by atoms with Crippen LogP contribution in [0.4, 0.5) is 10.6 Å². The van der Waals surface area contributed by atoms with Crippen LogP contribution in [-0.2, 0) is 35.7 Å². The zero-order chi connectivity index (χ0) is 36.8. The summed E-state index contributed by atoms with van der Waals surface area (Å²) in [5.74, 6) is 2.11. The highest BCUT2D eigenvalue weighted by atomic mass is 16.6. The Morgan fingerprint density at radius 2 is 1.62 bits per heavy atom. The highest BCUT2D eigenvalue weighted by Crippen LogP contribution is 2.46. The molecule has 0 saturated carbocycles. The van der Waals surface area contributed by atoms with Gasteiger partial charge in [0.2, 0.25) is 6.41 Å². The van der Waals surface area contributed by atoms with Crippen LogP contribution >= 0.6 is 0 Å². The standard InChI is InChI=1S/C42H46N4O6/c1-7-45(27-47)40-38(31-20-32-24-46(19-18-35(32)43-23-31)41(48)51-42(4,5)6)39(52-44-40)34-21-33(28(2)3)36(49-25-29-14-10-8-11-15-29)22-37(34)50-26-30-16-12-9-13-17-30/h8-17,20-23,27-28H,7,18-19,24-26H2,1-6H3. The second kappa shape index (κ2) is 15.7. The Kier molecular flexibility index (Phi) is 10.9. The van der Waals surface area contributed by atoms with Gasteiger partial charge in [0.25, 0.3) is 0 Å². The third kappa shape index (κ3) is 8.28. The highest BCUT2D eigenvalue weighted by Gasteiger charge is 2.30. The first kappa shape index (κ1) is 36.2. The molecule has 3 heterocycles. The van der Waals surface area contributed by atoms with Crippen molar-refractivity contribution in [3.8, 4) is 33.9 Å². The number of nitrogens with zero attached hydrogens (tertiary/aromatic N) is 4. The van der Waals surface area contributed by atoms with Crippen molar-refractivity contribution in [2.24, 2.45) is 0 Å². The molecule has 0 bridgehead atoms. The van der Waals surface area contributed by atoms with E-state index in [2.05, 4.69) is 19.0 Å². The first-order valence-electron chi connectivity index (χ1n) is 17.7. The van der Waals surface area contributed by atoms with Crippen LogP contribution in [0, 0.1) is 0 Å². The topological polar surface area (TPSA) is 107 Å². The predicted molar refractivity (Wildman–Crippen MR) is 200 cm³/mol. The molecule has 0 spiro atoms. The van der Waals surface area contributed by atoms with Crippen LogP contribution in [-0.4, -0.2) is 46.2 Å². The zero-order valence-electron chi connectivity index (χ0n) is 30.7. The molecule has 1 aliphatic heterocycles. The molecule has 6 rings (SSSR count). The maximum atomic E-state index is 13.0. The van der Waals surface area contributed by atoms with Crippen LogP contribution in [0.2, 0.25) is 0 Å². The lowest BCUT2D eigenvalue weighted by molar-refractivity contribution is -0.107. The van der Waals surface area contributed by atoms with E-state index in [1.807, 2.05) is 107 Å². The van der Waals surface area contributed by atoms with Gasteiger partial charge >= 0.3 is 6.09 Å². The van der Waals surface area contributed by atoms with Gasteiger partial charge in [-0.1, -0.05) is 79.7 Å². The molecule has 0 fully saturated rings. The van der Waals surface area contributed by atoms with Crippen LogP contribution in [0.3, 0.4) is 0 Å². The number of hydrogen-bond donors (Lipinski definition) is 0. The van der Waals surface area contributed by atoms with Gasteiger partial charge in [-0.15, -0.1) is 0 Å². The van der Waals surface area contributed by atoms with Gasteiger partial charge in [0.1, 0.15) is 30.3 Å². The Hall–Kier alpha value is -5.64. The number of aromatic nitrogens is 2. The molecular weight excluding hydrogens is 656 g/mol. The molecule has 270 valence electrons. The van der Waals surface area contributed by atoms with E-state index in [1.165, 1.54) is 4.90 Å². The normalized spacial score (nSPS) is 12.7. The van der Waals surface area contributed by atoms with Gasteiger partial charge in [-0.3, -0.25) is 14.7 Å². The molecular formula is C42H46N4O6. The molecule has 52 heavy (non-hydrogen) atoms. The fraction of sp³-hybridized carbons (Fsp3) is 0.333. The molecule has 2 aromatic heterocycles. The van der Waals surface area contributed by atoms with Gasteiger partial charge in [0, 0.05) is 43.0 Å². The van der Waals surface area contributed by atoms with Crippen molar-refractivity contribution in [1.29, 1.82) is 0 Å². The molecule has 0 radical (unpaired) electrons. The molecule has 2 amide bonds. The zero-order valence-corrected chi connectivity index (χ0v) is 30.7. The lowest BCUT2D eigenvalue weighted by atomic mass is 9.94. The average molecular weight is 703 g/mol. The SMILES string of the molecule is CCN(C=O)c1noc(-c2cc(C(C)C)c(OCc3ccccc3)cc2OCc2ccccc2)c1-c1cnc2c(c1)CN(C(=O)OC(C)(C)C)CC2. The van der Waals surface area contributed by atoms with Crippen LogP contribution < -0.4 is 14.4 Å². The number of ether oxygens (including phenoxy) is 3. The first-order chi connectivity index (χ1) is 25.0. The lowest BCUT2D eigenvalue weighted by Crippen LogP contribution is -2.40. The minimum absolute atomic E-state index is 0.0879. The number of anilines is 1. The summed E-state index contributed by atoms with van der Waals surface area (Å²) in [5.41, 5.74) is 6.13. The molecule has 0 saturated heterocycles. The van der Waals surface area contributed by atoms with Crippen LogP contribution in [0.25, 0.3) is 22.5 Å². The Balaban J connectivity index is 1.47. The minimum Gasteiger partial charge on any atom is -0.488 e. The third-order valence-corrected chi connectivity index (χ3v) is 8.85. The number of benzene rings is 3. The second-order valence-electron chi connectivity index (χ2n) is 14.2. The van der Waals surface area contributed by atoms with E-state index in [9.17, 15) is 9.59 Å². The number of pyridine rings is 1. The number of hydrogen-bond acceptors (Lipinski definition) is 8. The summed E-state index contributed by atoms with van der Waals surface area (Å²) in [6, 6.07) is 25.9. The number of fused-ring (bicyclic) bond motifs is 1. The van der Waals surface area contributed by atoms with Crippen molar-refractivity contribution in [2.75, 3.05) is 18.0 Å². The number of rotatable bonds is 12. The Bertz CT molecular complexity index is 2000. The molecule has 0 atom stereocenters. The van der Waals surface area contributed by atoms with E-state index >= 15 is 0 Å².